The maximum absolute atomic E-state index is 3.77. The fraction of sp³-hybridized carbons (Fsp3) is 1.00. The van der Waals surface area contributed by atoms with Crippen molar-refractivity contribution in [2.45, 2.75) is 66.0 Å². The normalized spacial score (nSPS) is 28.6. The Bertz CT molecular complexity index is 203. The lowest BCUT2D eigenvalue weighted by Gasteiger charge is -2.44. The highest BCUT2D eigenvalue weighted by molar-refractivity contribution is 4.89. The molecule has 1 N–H and O–H groups in total. The summed E-state index contributed by atoms with van der Waals surface area (Å²) >= 11 is 0. The average Bonchev–Trinajstić information content (AvgIpc) is 2.34. The first-order valence-electron chi connectivity index (χ1n) is 7.57. The molecule has 0 amide bonds. The van der Waals surface area contributed by atoms with Gasteiger partial charge >= 0.3 is 0 Å². The van der Waals surface area contributed by atoms with Gasteiger partial charge in [0.1, 0.15) is 0 Å². The largest absolute Gasteiger partial charge is 0.311 e. The zero-order chi connectivity index (χ0) is 12.8. The second-order valence-electron chi connectivity index (χ2n) is 6.06. The van der Waals surface area contributed by atoms with Gasteiger partial charge in [-0.2, -0.15) is 0 Å². The third kappa shape index (κ3) is 4.26. The Kier molecular flexibility index (Phi) is 6.50. The second kappa shape index (κ2) is 7.38. The summed E-state index contributed by atoms with van der Waals surface area (Å²) in [6, 6.07) is 1.44. The number of rotatable bonds is 6. The van der Waals surface area contributed by atoms with Gasteiger partial charge in [0.2, 0.25) is 0 Å². The minimum Gasteiger partial charge on any atom is -0.311 e. The molecule has 0 radical (unpaired) electrons. The van der Waals surface area contributed by atoms with E-state index in [4.69, 9.17) is 0 Å². The quantitative estimate of drug-likeness (QED) is 0.767. The molecule has 0 aromatic carbocycles. The van der Waals surface area contributed by atoms with Gasteiger partial charge < -0.3 is 5.32 Å². The van der Waals surface area contributed by atoms with Crippen molar-refractivity contribution in [1.29, 1.82) is 0 Å². The molecule has 102 valence electrons. The van der Waals surface area contributed by atoms with Crippen molar-refractivity contribution in [2.24, 2.45) is 11.8 Å². The summed E-state index contributed by atoms with van der Waals surface area (Å²) in [7, 11) is 0. The smallest absolute Gasteiger partial charge is 0.0244 e. The zero-order valence-corrected chi connectivity index (χ0v) is 12.5. The number of unbranched alkanes of at least 4 members (excludes halogenated alkanes) is 1. The van der Waals surface area contributed by atoms with Crippen molar-refractivity contribution in [2.75, 3.05) is 19.6 Å². The van der Waals surface area contributed by atoms with E-state index in [0.29, 0.717) is 6.04 Å². The van der Waals surface area contributed by atoms with Crippen molar-refractivity contribution < 1.29 is 0 Å². The highest BCUT2D eigenvalue weighted by atomic mass is 15.2. The molecule has 1 saturated heterocycles. The molecule has 0 aliphatic carbocycles. The van der Waals surface area contributed by atoms with Crippen LogP contribution in [0.15, 0.2) is 0 Å². The first kappa shape index (κ1) is 15.0. The number of hydrogen-bond donors (Lipinski definition) is 1. The van der Waals surface area contributed by atoms with E-state index in [0.717, 1.165) is 17.9 Å². The Morgan fingerprint density at radius 2 is 1.94 bits per heavy atom. The number of piperazine rings is 1. The van der Waals surface area contributed by atoms with Gasteiger partial charge in [-0.15, -0.1) is 0 Å². The van der Waals surface area contributed by atoms with Crippen molar-refractivity contribution in [3.8, 4) is 0 Å². The van der Waals surface area contributed by atoms with Crippen LogP contribution in [0.2, 0.25) is 0 Å². The average molecular weight is 240 g/mol. The SMILES string of the molecule is CCCCN1CC(C(C)CC)NCC1C(C)C. The molecular formula is C15H32N2. The molecule has 0 aromatic rings. The van der Waals surface area contributed by atoms with Gasteiger partial charge in [0, 0.05) is 25.2 Å². The van der Waals surface area contributed by atoms with Crippen LogP contribution in [0.5, 0.6) is 0 Å². The lowest BCUT2D eigenvalue weighted by molar-refractivity contribution is 0.0807. The molecule has 0 bridgehead atoms. The molecule has 3 atom stereocenters. The lowest BCUT2D eigenvalue weighted by atomic mass is 9.92. The summed E-state index contributed by atoms with van der Waals surface area (Å²) < 4.78 is 0. The highest BCUT2D eigenvalue weighted by Crippen LogP contribution is 2.20. The predicted molar refractivity (Wildman–Crippen MR) is 76.4 cm³/mol. The fourth-order valence-corrected chi connectivity index (χ4v) is 2.80. The molecule has 3 unspecified atom stereocenters. The maximum Gasteiger partial charge on any atom is 0.0244 e. The van der Waals surface area contributed by atoms with Gasteiger partial charge in [0.25, 0.3) is 0 Å². The summed E-state index contributed by atoms with van der Waals surface area (Å²) in [6.45, 7) is 15.4. The Hall–Kier alpha value is -0.0800. The van der Waals surface area contributed by atoms with Crippen molar-refractivity contribution in [3.63, 3.8) is 0 Å². The Balaban J connectivity index is 2.56. The molecule has 1 aliphatic rings. The maximum atomic E-state index is 3.77. The van der Waals surface area contributed by atoms with Crippen LogP contribution in [0.1, 0.15) is 53.9 Å². The van der Waals surface area contributed by atoms with Crippen LogP contribution in [0, 0.1) is 11.8 Å². The molecular weight excluding hydrogens is 208 g/mol. The van der Waals surface area contributed by atoms with Gasteiger partial charge in [-0.25, -0.2) is 0 Å². The third-order valence-corrected chi connectivity index (χ3v) is 4.39. The summed E-state index contributed by atoms with van der Waals surface area (Å²) in [5, 5.41) is 3.77. The van der Waals surface area contributed by atoms with Crippen LogP contribution in [0.4, 0.5) is 0 Å². The first-order chi connectivity index (χ1) is 8.10. The van der Waals surface area contributed by atoms with Crippen molar-refractivity contribution >= 4 is 0 Å². The minimum absolute atomic E-state index is 0.701. The molecule has 0 saturated carbocycles. The van der Waals surface area contributed by atoms with E-state index >= 15 is 0 Å². The van der Waals surface area contributed by atoms with E-state index < -0.39 is 0 Å². The van der Waals surface area contributed by atoms with E-state index in [1.165, 1.54) is 38.9 Å². The molecule has 17 heavy (non-hydrogen) atoms. The molecule has 2 heteroatoms. The van der Waals surface area contributed by atoms with Crippen LogP contribution in [0.3, 0.4) is 0 Å². The van der Waals surface area contributed by atoms with Gasteiger partial charge in [0.15, 0.2) is 0 Å². The molecule has 1 heterocycles. The van der Waals surface area contributed by atoms with E-state index in [-0.39, 0.29) is 0 Å². The fourth-order valence-electron chi connectivity index (χ4n) is 2.80. The Labute approximate surface area is 108 Å². The molecule has 0 aromatic heterocycles. The summed E-state index contributed by atoms with van der Waals surface area (Å²) in [5.41, 5.74) is 0. The zero-order valence-electron chi connectivity index (χ0n) is 12.5. The molecule has 1 aliphatic heterocycles. The summed E-state index contributed by atoms with van der Waals surface area (Å²) in [6.07, 6.45) is 3.94. The Morgan fingerprint density at radius 3 is 2.47 bits per heavy atom. The standard InChI is InChI=1S/C15H32N2/c1-6-8-9-17-11-14(13(5)7-2)16-10-15(17)12(3)4/h12-16H,6-11H2,1-5H3. The van der Waals surface area contributed by atoms with Crippen LogP contribution < -0.4 is 5.32 Å². The van der Waals surface area contributed by atoms with E-state index in [2.05, 4.69) is 44.8 Å². The van der Waals surface area contributed by atoms with Crippen LogP contribution in [0.25, 0.3) is 0 Å². The van der Waals surface area contributed by atoms with Crippen LogP contribution >= 0.6 is 0 Å². The van der Waals surface area contributed by atoms with E-state index in [1.54, 1.807) is 0 Å². The molecule has 2 nitrogen and oxygen atoms in total. The van der Waals surface area contributed by atoms with Crippen molar-refractivity contribution in [3.05, 3.63) is 0 Å². The van der Waals surface area contributed by atoms with Gasteiger partial charge in [-0.1, -0.05) is 47.5 Å². The van der Waals surface area contributed by atoms with Crippen molar-refractivity contribution in [1.82, 2.24) is 10.2 Å². The number of nitrogens with zero attached hydrogens (tertiary/aromatic N) is 1. The molecule has 1 fully saturated rings. The highest BCUT2D eigenvalue weighted by Gasteiger charge is 2.30. The molecule has 1 rings (SSSR count). The van der Waals surface area contributed by atoms with Crippen LogP contribution in [-0.2, 0) is 0 Å². The Morgan fingerprint density at radius 1 is 1.24 bits per heavy atom. The number of hydrogen-bond acceptors (Lipinski definition) is 2. The van der Waals surface area contributed by atoms with Crippen LogP contribution in [-0.4, -0.2) is 36.6 Å². The van der Waals surface area contributed by atoms with Gasteiger partial charge in [0.05, 0.1) is 0 Å². The van der Waals surface area contributed by atoms with E-state index in [1.807, 2.05) is 0 Å². The topological polar surface area (TPSA) is 15.3 Å². The molecule has 0 spiro atoms. The third-order valence-electron chi connectivity index (χ3n) is 4.39. The first-order valence-corrected chi connectivity index (χ1v) is 7.57. The summed E-state index contributed by atoms with van der Waals surface area (Å²) in [5.74, 6) is 1.56. The van der Waals surface area contributed by atoms with E-state index in [9.17, 15) is 0 Å². The van der Waals surface area contributed by atoms with Gasteiger partial charge in [-0.3, -0.25) is 4.90 Å². The summed E-state index contributed by atoms with van der Waals surface area (Å²) in [4.78, 5) is 2.74. The number of nitrogens with one attached hydrogen (secondary N) is 1. The lowest BCUT2D eigenvalue weighted by Crippen LogP contribution is -2.59. The second-order valence-corrected chi connectivity index (χ2v) is 6.06. The predicted octanol–water partition coefficient (Wildman–Crippen LogP) is 3.13. The minimum atomic E-state index is 0.701. The van der Waals surface area contributed by atoms with Gasteiger partial charge in [-0.05, 0) is 24.8 Å². The monoisotopic (exact) mass is 240 g/mol.